The number of primary amides is 1. The Bertz CT molecular complexity index is 555. The van der Waals surface area contributed by atoms with E-state index in [1.54, 1.807) is 6.07 Å². The molecule has 2 aromatic carbocycles. The van der Waals surface area contributed by atoms with Crippen molar-refractivity contribution in [3.05, 3.63) is 65.7 Å². The van der Waals surface area contributed by atoms with Crippen molar-refractivity contribution in [2.75, 3.05) is 5.32 Å². The van der Waals surface area contributed by atoms with Crippen molar-refractivity contribution >= 4 is 11.6 Å². The number of carbonyl (C=O) groups is 1. The smallest absolute Gasteiger partial charge is 0.244 e. The number of hydrogen-bond donors (Lipinski definition) is 3. The number of anilines is 1. The van der Waals surface area contributed by atoms with Gasteiger partial charge in [0.15, 0.2) is 0 Å². The second kappa shape index (κ2) is 6.02. The molecule has 0 fully saturated rings. The minimum Gasteiger partial charge on any atom is -0.392 e. The van der Waals surface area contributed by atoms with Crippen LogP contribution >= 0.6 is 0 Å². The van der Waals surface area contributed by atoms with Crippen LogP contribution in [0.25, 0.3) is 0 Å². The number of nitrogens with two attached hydrogens (primary N) is 1. The molecule has 0 heterocycles. The summed E-state index contributed by atoms with van der Waals surface area (Å²) in [6.07, 6.45) is 0. The van der Waals surface area contributed by atoms with E-state index in [2.05, 4.69) is 5.32 Å². The van der Waals surface area contributed by atoms with E-state index in [9.17, 15) is 4.79 Å². The SMILES string of the molecule is NC(=O)[C@@H](Nc1cccc(CO)c1)c1ccccc1. The molecule has 0 bridgehead atoms. The molecule has 0 saturated carbocycles. The zero-order valence-electron chi connectivity index (χ0n) is 10.4. The van der Waals surface area contributed by atoms with Gasteiger partial charge in [0, 0.05) is 5.69 Å². The summed E-state index contributed by atoms with van der Waals surface area (Å²) in [6, 6.07) is 16.0. The van der Waals surface area contributed by atoms with Gasteiger partial charge < -0.3 is 16.2 Å². The standard InChI is InChI=1S/C15H16N2O2/c16-15(19)14(12-6-2-1-3-7-12)17-13-8-4-5-11(9-13)10-18/h1-9,14,17-18H,10H2,(H2,16,19)/t14-/m0/s1. The number of nitrogens with one attached hydrogen (secondary N) is 1. The van der Waals surface area contributed by atoms with Crippen molar-refractivity contribution in [2.45, 2.75) is 12.6 Å². The van der Waals surface area contributed by atoms with Crippen molar-refractivity contribution < 1.29 is 9.90 Å². The van der Waals surface area contributed by atoms with Gasteiger partial charge in [-0.25, -0.2) is 0 Å². The van der Waals surface area contributed by atoms with Gasteiger partial charge in [-0.1, -0.05) is 42.5 Å². The topological polar surface area (TPSA) is 75.4 Å². The van der Waals surface area contributed by atoms with Gasteiger partial charge in [0.05, 0.1) is 6.61 Å². The summed E-state index contributed by atoms with van der Waals surface area (Å²) >= 11 is 0. The fourth-order valence-electron chi connectivity index (χ4n) is 1.89. The van der Waals surface area contributed by atoms with Crippen LogP contribution in [0.1, 0.15) is 17.2 Å². The lowest BCUT2D eigenvalue weighted by Crippen LogP contribution is -2.27. The number of benzene rings is 2. The Morgan fingerprint density at radius 2 is 1.89 bits per heavy atom. The maximum Gasteiger partial charge on any atom is 0.244 e. The van der Waals surface area contributed by atoms with E-state index in [1.807, 2.05) is 48.5 Å². The molecule has 0 aliphatic carbocycles. The Hall–Kier alpha value is -2.33. The van der Waals surface area contributed by atoms with Gasteiger partial charge in [0.25, 0.3) is 0 Å². The number of amides is 1. The predicted octanol–water partition coefficient (Wildman–Crippen LogP) is 1.82. The normalized spacial score (nSPS) is 11.8. The second-order valence-corrected chi connectivity index (χ2v) is 4.25. The van der Waals surface area contributed by atoms with E-state index in [1.165, 1.54) is 0 Å². The van der Waals surface area contributed by atoms with Crippen molar-refractivity contribution in [1.29, 1.82) is 0 Å². The fraction of sp³-hybridized carbons (Fsp3) is 0.133. The van der Waals surface area contributed by atoms with Crippen LogP contribution in [0.15, 0.2) is 54.6 Å². The molecule has 0 spiro atoms. The van der Waals surface area contributed by atoms with E-state index in [4.69, 9.17) is 10.8 Å². The number of hydrogen-bond acceptors (Lipinski definition) is 3. The number of aliphatic hydroxyl groups is 1. The number of carbonyl (C=O) groups excluding carboxylic acids is 1. The van der Waals surface area contributed by atoms with Gasteiger partial charge in [0.2, 0.25) is 5.91 Å². The first kappa shape index (κ1) is 13.1. The maximum atomic E-state index is 11.6. The molecule has 0 aromatic heterocycles. The minimum atomic E-state index is -0.588. The molecule has 0 aliphatic heterocycles. The van der Waals surface area contributed by atoms with Crippen LogP contribution in [0.2, 0.25) is 0 Å². The molecule has 0 radical (unpaired) electrons. The van der Waals surface area contributed by atoms with Gasteiger partial charge in [-0.3, -0.25) is 4.79 Å². The molecular weight excluding hydrogens is 240 g/mol. The third-order valence-corrected chi connectivity index (χ3v) is 2.84. The maximum absolute atomic E-state index is 11.6. The predicted molar refractivity (Wildman–Crippen MR) is 74.4 cm³/mol. The largest absolute Gasteiger partial charge is 0.392 e. The lowest BCUT2D eigenvalue weighted by molar-refractivity contribution is -0.118. The molecule has 4 N–H and O–H groups in total. The summed E-state index contributed by atoms with van der Waals surface area (Å²) in [5.74, 6) is -0.444. The van der Waals surface area contributed by atoms with Crippen molar-refractivity contribution in [3.8, 4) is 0 Å². The van der Waals surface area contributed by atoms with E-state index in [0.717, 1.165) is 16.8 Å². The van der Waals surface area contributed by atoms with E-state index in [0.29, 0.717) is 0 Å². The van der Waals surface area contributed by atoms with Crippen molar-refractivity contribution in [1.82, 2.24) is 0 Å². The van der Waals surface area contributed by atoms with Gasteiger partial charge in [0.1, 0.15) is 6.04 Å². The first-order valence-electron chi connectivity index (χ1n) is 6.01. The highest BCUT2D eigenvalue weighted by molar-refractivity contribution is 5.84. The van der Waals surface area contributed by atoms with Crippen LogP contribution < -0.4 is 11.1 Å². The summed E-state index contributed by atoms with van der Waals surface area (Å²) in [5.41, 5.74) is 7.77. The summed E-state index contributed by atoms with van der Waals surface area (Å²) < 4.78 is 0. The quantitative estimate of drug-likeness (QED) is 0.763. The highest BCUT2D eigenvalue weighted by atomic mass is 16.3. The van der Waals surface area contributed by atoms with Gasteiger partial charge >= 0.3 is 0 Å². The minimum absolute atomic E-state index is 0.0396. The lowest BCUT2D eigenvalue weighted by Gasteiger charge is -2.17. The Morgan fingerprint density at radius 3 is 2.53 bits per heavy atom. The molecule has 4 heteroatoms. The first-order chi connectivity index (χ1) is 9.20. The Balaban J connectivity index is 2.24. The Labute approximate surface area is 111 Å². The second-order valence-electron chi connectivity index (χ2n) is 4.25. The summed E-state index contributed by atoms with van der Waals surface area (Å²) in [5, 5.41) is 12.2. The van der Waals surface area contributed by atoms with Crippen LogP contribution in [-0.4, -0.2) is 11.0 Å². The van der Waals surface area contributed by atoms with E-state index >= 15 is 0 Å². The van der Waals surface area contributed by atoms with Crippen LogP contribution in [0.4, 0.5) is 5.69 Å². The molecule has 2 aromatic rings. The van der Waals surface area contributed by atoms with Gasteiger partial charge in [-0.05, 0) is 23.3 Å². The molecule has 98 valence electrons. The zero-order valence-corrected chi connectivity index (χ0v) is 10.4. The van der Waals surface area contributed by atoms with Gasteiger partial charge in [-0.15, -0.1) is 0 Å². The molecular formula is C15H16N2O2. The Kier molecular flexibility index (Phi) is 4.15. The molecule has 19 heavy (non-hydrogen) atoms. The monoisotopic (exact) mass is 256 g/mol. The molecule has 4 nitrogen and oxygen atoms in total. The summed E-state index contributed by atoms with van der Waals surface area (Å²) in [6.45, 7) is -0.0396. The lowest BCUT2D eigenvalue weighted by atomic mass is 10.1. The molecule has 2 rings (SSSR count). The van der Waals surface area contributed by atoms with Crippen LogP contribution in [0.3, 0.4) is 0 Å². The zero-order chi connectivity index (χ0) is 13.7. The van der Waals surface area contributed by atoms with Crippen LogP contribution in [0.5, 0.6) is 0 Å². The average Bonchev–Trinajstić information content (AvgIpc) is 2.45. The summed E-state index contributed by atoms with van der Waals surface area (Å²) in [7, 11) is 0. The van der Waals surface area contributed by atoms with Crippen molar-refractivity contribution in [3.63, 3.8) is 0 Å². The van der Waals surface area contributed by atoms with Crippen molar-refractivity contribution in [2.24, 2.45) is 5.73 Å². The fourth-order valence-corrected chi connectivity index (χ4v) is 1.89. The number of aliphatic hydroxyl groups excluding tert-OH is 1. The number of rotatable bonds is 5. The average molecular weight is 256 g/mol. The highest BCUT2D eigenvalue weighted by Crippen LogP contribution is 2.20. The van der Waals surface area contributed by atoms with Crippen LogP contribution in [0, 0.1) is 0 Å². The molecule has 0 saturated heterocycles. The van der Waals surface area contributed by atoms with Gasteiger partial charge in [-0.2, -0.15) is 0 Å². The van der Waals surface area contributed by atoms with E-state index in [-0.39, 0.29) is 6.61 Å². The molecule has 0 unspecified atom stereocenters. The third kappa shape index (κ3) is 3.33. The molecule has 1 amide bonds. The Morgan fingerprint density at radius 1 is 1.16 bits per heavy atom. The van der Waals surface area contributed by atoms with E-state index < -0.39 is 11.9 Å². The molecule has 1 atom stereocenters. The van der Waals surface area contributed by atoms with Crippen LogP contribution in [-0.2, 0) is 11.4 Å². The molecule has 0 aliphatic rings. The third-order valence-electron chi connectivity index (χ3n) is 2.84. The highest BCUT2D eigenvalue weighted by Gasteiger charge is 2.17. The summed E-state index contributed by atoms with van der Waals surface area (Å²) in [4.78, 5) is 11.6. The first-order valence-corrected chi connectivity index (χ1v) is 6.01.